The number of carbonyl (C=O) groups excluding carboxylic acids is 4. The summed E-state index contributed by atoms with van der Waals surface area (Å²) in [7, 11) is 1.27. The number of halogens is 1. The van der Waals surface area contributed by atoms with Gasteiger partial charge in [0.25, 0.3) is 17.1 Å². The first-order valence-corrected chi connectivity index (χ1v) is 10.7. The minimum atomic E-state index is -0.546. The van der Waals surface area contributed by atoms with Crippen molar-refractivity contribution >= 4 is 40.9 Å². The van der Waals surface area contributed by atoms with Gasteiger partial charge in [-0.05, 0) is 42.8 Å². The Morgan fingerprint density at radius 2 is 2.00 bits per heavy atom. The molecule has 3 rings (SSSR count). The molecule has 0 unspecified atom stereocenters. The molecule has 168 valence electrons. The zero-order chi connectivity index (χ0) is 23.4. The number of amides is 3. The Kier molecular flexibility index (Phi) is 7.14. The zero-order valence-corrected chi connectivity index (χ0v) is 18.6. The fourth-order valence-electron chi connectivity index (χ4n) is 3.32. The molecule has 3 amide bonds. The van der Waals surface area contributed by atoms with Crippen LogP contribution in [0.3, 0.4) is 0 Å². The third-order valence-corrected chi connectivity index (χ3v) is 5.89. The van der Waals surface area contributed by atoms with Crippen molar-refractivity contribution in [2.75, 3.05) is 20.2 Å². The molecule has 8 nitrogen and oxygen atoms in total. The van der Waals surface area contributed by atoms with E-state index in [2.05, 4.69) is 10.3 Å². The number of H-pyrrole nitrogens is 1. The van der Waals surface area contributed by atoms with Gasteiger partial charge in [-0.1, -0.05) is 25.1 Å². The maximum Gasteiger partial charge on any atom is 0.339 e. The molecule has 1 aliphatic heterocycles. The van der Waals surface area contributed by atoms with Crippen molar-refractivity contribution in [3.05, 3.63) is 63.1 Å². The molecular formula is C22H22FN3O5S. The molecule has 1 saturated heterocycles. The minimum absolute atomic E-state index is 0.0112. The number of hydrogen-bond donors (Lipinski definition) is 2. The van der Waals surface area contributed by atoms with Crippen LogP contribution in [0.2, 0.25) is 0 Å². The Bertz CT molecular complexity index is 1120. The van der Waals surface area contributed by atoms with E-state index in [1.54, 1.807) is 13.0 Å². The molecule has 1 aliphatic rings. The molecule has 0 radical (unpaired) electrons. The molecule has 32 heavy (non-hydrogen) atoms. The standard InChI is InChI=1S/C22H22FN3O5S/c1-4-15-17(21(29)31-3)12(2)18(25-15)19(27)24-9-10-26-20(28)16(32-22(26)30)11-13-7-5-6-8-14(13)23/h5-8,11,25H,4,9-10H2,1-3H3,(H,24,27)/b16-11-. The van der Waals surface area contributed by atoms with Crippen molar-refractivity contribution in [2.45, 2.75) is 20.3 Å². The van der Waals surface area contributed by atoms with Gasteiger partial charge in [0.1, 0.15) is 11.5 Å². The number of thioether (sulfide) groups is 1. The SMILES string of the molecule is CCc1[nH]c(C(=O)NCCN2C(=O)S/C(=C\c3ccccc3F)C2=O)c(C)c1C(=O)OC. The van der Waals surface area contributed by atoms with Crippen molar-refractivity contribution in [2.24, 2.45) is 0 Å². The summed E-state index contributed by atoms with van der Waals surface area (Å²) in [6.45, 7) is 3.45. The van der Waals surface area contributed by atoms with Crippen LogP contribution in [0.1, 0.15) is 44.6 Å². The number of aryl methyl sites for hydroxylation is 1. The lowest BCUT2D eigenvalue weighted by molar-refractivity contribution is -0.122. The number of benzene rings is 1. The fraction of sp³-hybridized carbons (Fsp3) is 0.273. The summed E-state index contributed by atoms with van der Waals surface area (Å²) in [6.07, 6.45) is 1.84. The monoisotopic (exact) mass is 459 g/mol. The van der Waals surface area contributed by atoms with Crippen LogP contribution < -0.4 is 5.32 Å². The normalized spacial score (nSPS) is 14.9. The Hall–Kier alpha value is -3.40. The molecule has 0 bridgehead atoms. The van der Waals surface area contributed by atoms with Crippen LogP contribution in [-0.4, -0.2) is 53.1 Å². The number of ether oxygens (including phenoxy) is 1. The molecule has 1 aromatic heterocycles. The van der Waals surface area contributed by atoms with Crippen LogP contribution in [0.4, 0.5) is 9.18 Å². The Labute approximate surface area is 188 Å². The molecule has 1 aromatic carbocycles. The smallest absolute Gasteiger partial charge is 0.339 e. The highest BCUT2D eigenvalue weighted by atomic mass is 32.2. The summed E-state index contributed by atoms with van der Waals surface area (Å²) in [5, 5.41) is 2.15. The number of nitrogens with zero attached hydrogens (tertiary/aromatic N) is 1. The van der Waals surface area contributed by atoms with Gasteiger partial charge in [-0.25, -0.2) is 9.18 Å². The Morgan fingerprint density at radius 3 is 2.66 bits per heavy atom. The molecule has 0 saturated carbocycles. The number of rotatable bonds is 7. The van der Waals surface area contributed by atoms with Crippen molar-refractivity contribution in [1.29, 1.82) is 0 Å². The van der Waals surface area contributed by atoms with Gasteiger partial charge < -0.3 is 15.0 Å². The second-order valence-corrected chi connectivity index (χ2v) is 7.93. The van der Waals surface area contributed by atoms with E-state index in [1.165, 1.54) is 31.4 Å². The molecule has 0 spiro atoms. The molecule has 0 aliphatic carbocycles. The lowest BCUT2D eigenvalue weighted by atomic mass is 10.1. The van der Waals surface area contributed by atoms with E-state index in [4.69, 9.17) is 4.74 Å². The number of imide groups is 1. The maximum absolute atomic E-state index is 13.8. The van der Waals surface area contributed by atoms with Crippen LogP contribution in [0, 0.1) is 12.7 Å². The summed E-state index contributed by atoms with van der Waals surface area (Å²) in [6, 6.07) is 5.94. The fourth-order valence-corrected chi connectivity index (χ4v) is 4.18. The van der Waals surface area contributed by atoms with Gasteiger partial charge in [0.2, 0.25) is 0 Å². The number of methoxy groups -OCH3 is 1. The van der Waals surface area contributed by atoms with Gasteiger partial charge in [-0.2, -0.15) is 0 Å². The van der Waals surface area contributed by atoms with Crippen LogP contribution in [-0.2, 0) is 16.0 Å². The highest BCUT2D eigenvalue weighted by Gasteiger charge is 2.35. The molecule has 2 aromatic rings. The lowest BCUT2D eigenvalue weighted by Crippen LogP contribution is -2.37. The Balaban J connectivity index is 1.66. The van der Waals surface area contributed by atoms with E-state index in [0.29, 0.717) is 23.2 Å². The van der Waals surface area contributed by atoms with Crippen LogP contribution in [0.25, 0.3) is 6.08 Å². The zero-order valence-electron chi connectivity index (χ0n) is 17.8. The highest BCUT2D eigenvalue weighted by molar-refractivity contribution is 8.18. The number of hydrogen-bond acceptors (Lipinski definition) is 6. The predicted octanol–water partition coefficient (Wildman–Crippen LogP) is 3.28. The van der Waals surface area contributed by atoms with E-state index >= 15 is 0 Å². The van der Waals surface area contributed by atoms with Crippen molar-refractivity contribution < 1.29 is 28.3 Å². The van der Waals surface area contributed by atoms with Crippen LogP contribution in [0.15, 0.2) is 29.2 Å². The van der Waals surface area contributed by atoms with Gasteiger partial charge >= 0.3 is 5.97 Å². The second-order valence-electron chi connectivity index (χ2n) is 6.93. The van der Waals surface area contributed by atoms with Gasteiger partial charge in [0.15, 0.2) is 0 Å². The summed E-state index contributed by atoms with van der Waals surface area (Å²) >= 11 is 0.719. The van der Waals surface area contributed by atoms with Gasteiger partial charge in [0.05, 0.1) is 17.6 Å². The first-order chi connectivity index (χ1) is 15.3. The van der Waals surface area contributed by atoms with Gasteiger partial charge in [0, 0.05) is 24.3 Å². The van der Waals surface area contributed by atoms with E-state index in [0.717, 1.165) is 16.7 Å². The average Bonchev–Trinajstić information content (AvgIpc) is 3.25. The molecule has 1 fully saturated rings. The largest absolute Gasteiger partial charge is 0.465 e. The maximum atomic E-state index is 13.8. The summed E-state index contributed by atoms with van der Waals surface area (Å²) < 4.78 is 18.6. The highest BCUT2D eigenvalue weighted by Crippen LogP contribution is 2.32. The van der Waals surface area contributed by atoms with Gasteiger partial charge in [-0.3, -0.25) is 19.3 Å². The average molecular weight is 459 g/mol. The summed E-state index contributed by atoms with van der Waals surface area (Å²) in [5.74, 6) is -2.05. The molecule has 2 N–H and O–H groups in total. The predicted molar refractivity (Wildman–Crippen MR) is 118 cm³/mol. The first kappa shape index (κ1) is 23.3. The number of esters is 1. The van der Waals surface area contributed by atoms with Crippen molar-refractivity contribution in [3.63, 3.8) is 0 Å². The van der Waals surface area contributed by atoms with Crippen molar-refractivity contribution in [3.8, 4) is 0 Å². The van der Waals surface area contributed by atoms with E-state index < -0.39 is 28.8 Å². The third kappa shape index (κ3) is 4.59. The number of aromatic nitrogens is 1. The summed E-state index contributed by atoms with van der Waals surface area (Å²) in [4.78, 5) is 53.4. The molecule has 0 atom stereocenters. The number of carbonyl (C=O) groups is 4. The number of nitrogens with one attached hydrogen (secondary N) is 2. The van der Waals surface area contributed by atoms with Gasteiger partial charge in [-0.15, -0.1) is 0 Å². The quantitative estimate of drug-likeness (QED) is 0.486. The molecule has 10 heteroatoms. The lowest BCUT2D eigenvalue weighted by Gasteiger charge is -2.13. The van der Waals surface area contributed by atoms with E-state index in [9.17, 15) is 23.6 Å². The molecule has 2 heterocycles. The topological polar surface area (TPSA) is 109 Å². The van der Waals surface area contributed by atoms with E-state index in [1.807, 2.05) is 6.92 Å². The van der Waals surface area contributed by atoms with Crippen LogP contribution >= 0.6 is 11.8 Å². The molecular weight excluding hydrogens is 437 g/mol. The summed E-state index contributed by atoms with van der Waals surface area (Å²) in [5.41, 5.74) is 1.80. The number of aromatic amines is 1. The first-order valence-electron chi connectivity index (χ1n) is 9.86. The van der Waals surface area contributed by atoms with Crippen LogP contribution in [0.5, 0.6) is 0 Å². The van der Waals surface area contributed by atoms with E-state index in [-0.39, 0.29) is 29.3 Å². The second kappa shape index (κ2) is 9.82. The Morgan fingerprint density at radius 1 is 1.28 bits per heavy atom. The van der Waals surface area contributed by atoms with Crippen molar-refractivity contribution in [1.82, 2.24) is 15.2 Å². The minimum Gasteiger partial charge on any atom is -0.465 e. The third-order valence-electron chi connectivity index (χ3n) is 4.98.